The van der Waals surface area contributed by atoms with Gasteiger partial charge in [0.05, 0.1) is 11.8 Å². The van der Waals surface area contributed by atoms with Crippen LogP contribution in [0.4, 0.5) is 0 Å². The molecule has 0 bridgehead atoms. The first kappa shape index (κ1) is 9.69. The van der Waals surface area contributed by atoms with E-state index < -0.39 is 0 Å². The fraction of sp³-hybridized carbons (Fsp3) is 0.400. The third-order valence-corrected chi connectivity index (χ3v) is 1.82. The van der Waals surface area contributed by atoms with Crippen molar-refractivity contribution in [2.75, 3.05) is 6.54 Å². The molecule has 0 amide bonds. The Kier molecular flexibility index (Phi) is 3.94. The van der Waals surface area contributed by atoms with Crippen LogP contribution < -0.4 is 5.32 Å². The zero-order valence-electron chi connectivity index (χ0n) is 7.70. The van der Waals surface area contributed by atoms with Crippen LogP contribution in [0.2, 0.25) is 0 Å². The van der Waals surface area contributed by atoms with Crippen molar-refractivity contribution in [2.24, 2.45) is 0 Å². The van der Waals surface area contributed by atoms with E-state index in [0.717, 1.165) is 5.69 Å². The SMILES string of the molecule is CC(NCCC#N)c1ccccn1. The van der Waals surface area contributed by atoms with Gasteiger partial charge in [-0.1, -0.05) is 6.07 Å². The molecule has 0 saturated heterocycles. The summed E-state index contributed by atoms with van der Waals surface area (Å²) in [5.74, 6) is 0. The van der Waals surface area contributed by atoms with Crippen molar-refractivity contribution in [3.8, 4) is 6.07 Å². The van der Waals surface area contributed by atoms with Crippen LogP contribution >= 0.6 is 0 Å². The van der Waals surface area contributed by atoms with E-state index in [4.69, 9.17) is 5.26 Å². The maximum Gasteiger partial charge on any atom is 0.0635 e. The van der Waals surface area contributed by atoms with Gasteiger partial charge in [-0.15, -0.1) is 0 Å². The van der Waals surface area contributed by atoms with E-state index in [-0.39, 0.29) is 6.04 Å². The van der Waals surface area contributed by atoms with Gasteiger partial charge in [0.15, 0.2) is 0 Å². The minimum atomic E-state index is 0.217. The molecule has 0 saturated carbocycles. The molecular weight excluding hydrogens is 162 g/mol. The normalized spacial score (nSPS) is 12.0. The highest BCUT2D eigenvalue weighted by Gasteiger charge is 2.03. The summed E-state index contributed by atoms with van der Waals surface area (Å²) in [6, 6.07) is 8.14. The van der Waals surface area contributed by atoms with Crippen LogP contribution in [-0.4, -0.2) is 11.5 Å². The highest BCUT2D eigenvalue weighted by Crippen LogP contribution is 2.06. The van der Waals surface area contributed by atoms with E-state index in [2.05, 4.69) is 16.4 Å². The van der Waals surface area contributed by atoms with Crippen molar-refractivity contribution in [2.45, 2.75) is 19.4 Å². The highest BCUT2D eigenvalue weighted by molar-refractivity contribution is 5.07. The van der Waals surface area contributed by atoms with Crippen molar-refractivity contribution < 1.29 is 0 Å². The van der Waals surface area contributed by atoms with E-state index in [0.29, 0.717) is 13.0 Å². The fourth-order valence-corrected chi connectivity index (χ4v) is 1.08. The van der Waals surface area contributed by atoms with Crippen LogP contribution in [0, 0.1) is 11.3 Å². The molecule has 68 valence electrons. The second-order valence-electron chi connectivity index (χ2n) is 2.84. The molecule has 1 unspecified atom stereocenters. The van der Waals surface area contributed by atoms with Crippen LogP contribution in [0.1, 0.15) is 25.1 Å². The summed E-state index contributed by atoms with van der Waals surface area (Å²) in [6.45, 7) is 2.76. The first-order valence-corrected chi connectivity index (χ1v) is 4.36. The second-order valence-corrected chi connectivity index (χ2v) is 2.84. The number of pyridine rings is 1. The van der Waals surface area contributed by atoms with Crippen molar-refractivity contribution in [3.63, 3.8) is 0 Å². The number of nitrogens with one attached hydrogen (secondary N) is 1. The lowest BCUT2D eigenvalue weighted by molar-refractivity contribution is 0.570. The first-order chi connectivity index (χ1) is 6.34. The predicted molar refractivity (Wildman–Crippen MR) is 50.9 cm³/mol. The van der Waals surface area contributed by atoms with E-state index in [1.165, 1.54) is 0 Å². The maximum absolute atomic E-state index is 8.34. The van der Waals surface area contributed by atoms with E-state index in [1.807, 2.05) is 25.1 Å². The van der Waals surface area contributed by atoms with E-state index in [1.54, 1.807) is 6.20 Å². The Bertz CT molecular complexity index is 276. The average molecular weight is 175 g/mol. The molecule has 1 rings (SSSR count). The molecule has 0 fully saturated rings. The van der Waals surface area contributed by atoms with Crippen molar-refractivity contribution in [3.05, 3.63) is 30.1 Å². The molecule has 3 heteroatoms. The number of nitriles is 1. The van der Waals surface area contributed by atoms with Crippen LogP contribution in [0.3, 0.4) is 0 Å². The molecule has 1 aromatic rings. The molecule has 0 aromatic carbocycles. The number of aromatic nitrogens is 1. The summed E-state index contributed by atoms with van der Waals surface area (Å²) in [4.78, 5) is 4.21. The Balaban J connectivity index is 2.41. The quantitative estimate of drug-likeness (QED) is 0.708. The molecule has 1 N–H and O–H groups in total. The summed E-state index contributed by atoms with van der Waals surface area (Å²) in [7, 11) is 0. The van der Waals surface area contributed by atoms with Crippen LogP contribution in [0.25, 0.3) is 0 Å². The van der Waals surface area contributed by atoms with Gasteiger partial charge in [0.25, 0.3) is 0 Å². The predicted octanol–water partition coefficient (Wildman–Crippen LogP) is 1.65. The molecule has 3 nitrogen and oxygen atoms in total. The molecule has 1 atom stereocenters. The fourth-order valence-electron chi connectivity index (χ4n) is 1.08. The average Bonchev–Trinajstić information content (AvgIpc) is 2.19. The molecule has 0 aliphatic heterocycles. The Labute approximate surface area is 78.4 Å². The van der Waals surface area contributed by atoms with Crippen molar-refractivity contribution in [1.29, 1.82) is 5.26 Å². The van der Waals surface area contributed by atoms with E-state index in [9.17, 15) is 0 Å². The number of hydrogen-bond donors (Lipinski definition) is 1. The highest BCUT2D eigenvalue weighted by atomic mass is 14.9. The first-order valence-electron chi connectivity index (χ1n) is 4.36. The van der Waals surface area contributed by atoms with Gasteiger partial charge in [-0.25, -0.2) is 0 Å². The third-order valence-electron chi connectivity index (χ3n) is 1.82. The molecule has 0 aliphatic rings. The number of rotatable bonds is 4. The van der Waals surface area contributed by atoms with Gasteiger partial charge in [0, 0.05) is 25.2 Å². The lowest BCUT2D eigenvalue weighted by Crippen LogP contribution is -2.20. The molecule has 0 radical (unpaired) electrons. The van der Waals surface area contributed by atoms with Crippen LogP contribution in [-0.2, 0) is 0 Å². The Morgan fingerprint density at radius 2 is 2.46 bits per heavy atom. The largest absolute Gasteiger partial charge is 0.308 e. The Morgan fingerprint density at radius 1 is 1.62 bits per heavy atom. The molecule has 0 spiro atoms. The van der Waals surface area contributed by atoms with Gasteiger partial charge in [-0.05, 0) is 19.1 Å². The number of nitrogens with zero attached hydrogens (tertiary/aromatic N) is 2. The van der Waals surface area contributed by atoms with Gasteiger partial charge in [-0.2, -0.15) is 5.26 Å². The van der Waals surface area contributed by atoms with Gasteiger partial charge in [-0.3, -0.25) is 4.98 Å². The van der Waals surface area contributed by atoms with Crippen molar-refractivity contribution >= 4 is 0 Å². The molecule has 0 aliphatic carbocycles. The summed E-state index contributed by atoms with van der Waals surface area (Å²) < 4.78 is 0. The van der Waals surface area contributed by atoms with Gasteiger partial charge in [0.2, 0.25) is 0 Å². The monoisotopic (exact) mass is 175 g/mol. The standard InChI is InChI=1S/C10H13N3/c1-9(12-8-4-6-11)10-5-2-3-7-13-10/h2-3,5,7,9,12H,4,8H2,1H3. The van der Waals surface area contributed by atoms with Gasteiger partial charge >= 0.3 is 0 Å². The zero-order chi connectivity index (χ0) is 9.52. The van der Waals surface area contributed by atoms with Crippen LogP contribution in [0.5, 0.6) is 0 Å². The number of hydrogen-bond acceptors (Lipinski definition) is 3. The van der Waals surface area contributed by atoms with Crippen molar-refractivity contribution in [1.82, 2.24) is 10.3 Å². The third kappa shape index (κ3) is 3.22. The molecule has 13 heavy (non-hydrogen) atoms. The minimum absolute atomic E-state index is 0.217. The lowest BCUT2D eigenvalue weighted by Gasteiger charge is -2.11. The molecule has 1 aromatic heterocycles. The van der Waals surface area contributed by atoms with E-state index >= 15 is 0 Å². The summed E-state index contributed by atoms with van der Waals surface area (Å²) >= 11 is 0. The lowest BCUT2D eigenvalue weighted by atomic mass is 10.2. The zero-order valence-corrected chi connectivity index (χ0v) is 7.70. The topological polar surface area (TPSA) is 48.7 Å². The Morgan fingerprint density at radius 3 is 3.08 bits per heavy atom. The minimum Gasteiger partial charge on any atom is -0.308 e. The maximum atomic E-state index is 8.34. The summed E-state index contributed by atoms with van der Waals surface area (Å²) in [5.41, 5.74) is 1.01. The Hall–Kier alpha value is -1.40. The smallest absolute Gasteiger partial charge is 0.0635 e. The van der Waals surface area contributed by atoms with Gasteiger partial charge in [0.1, 0.15) is 0 Å². The van der Waals surface area contributed by atoms with Gasteiger partial charge < -0.3 is 5.32 Å². The molecular formula is C10H13N3. The van der Waals surface area contributed by atoms with Crippen LogP contribution in [0.15, 0.2) is 24.4 Å². The summed E-state index contributed by atoms with van der Waals surface area (Å²) in [5, 5.41) is 11.6. The summed E-state index contributed by atoms with van der Waals surface area (Å²) in [6.07, 6.45) is 2.31. The second kappa shape index (κ2) is 5.28. The molecule has 1 heterocycles.